The number of carboxylic acid groups (broad SMARTS) is 1. The molecule has 2 rings (SSSR count). The molecule has 3 nitrogen and oxygen atoms in total. The van der Waals surface area contributed by atoms with Gasteiger partial charge >= 0.3 is 5.97 Å². The molecule has 0 radical (unpaired) electrons. The number of aliphatic carboxylic acids is 1. The normalized spacial score (nSPS) is 12.8. The first-order chi connectivity index (χ1) is 7.72. The Kier molecular flexibility index (Phi) is 3.22. The number of rotatable bonds is 4. The number of carbonyl (C=O) groups is 1. The molecule has 0 bridgehead atoms. The van der Waals surface area contributed by atoms with Crippen LogP contribution in [0.4, 0.5) is 0 Å². The Bertz CT molecular complexity index is 506. The SMILES string of the molecule is NCC(CC(=O)O)c1csc2ccccc12. The van der Waals surface area contributed by atoms with Crippen LogP contribution >= 0.6 is 11.3 Å². The predicted molar refractivity (Wildman–Crippen MR) is 65.9 cm³/mol. The van der Waals surface area contributed by atoms with E-state index in [0.29, 0.717) is 6.54 Å². The summed E-state index contributed by atoms with van der Waals surface area (Å²) < 4.78 is 1.18. The summed E-state index contributed by atoms with van der Waals surface area (Å²) in [7, 11) is 0. The minimum atomic E-state index is -0.800. The van der Waals surface area contributed by atoms with Crippen LogP contribution in [0.5, 0.6) is 0 Å². The van der Waals surface area contributed by atoms with Crippen LogP contribution < -0.4 is 5.73 Å². The molecule has 0 amide bonds. The Balaban J connectivity index is 2.41. The van der Waals surface area contributed by atoms with Crippen LogP contribution in [-0.4, -0.2) is 17.6 Å². The molecule has 4 heteroatoms. The third kappa shape index (κ3) is 2.08. The topological polar surface area (TPSA) is 63.3 Å². The molecule has 0 fully saturated rings. The van der Waals surface area contributed by atoms with Gasteiger partial charge in [-0.1, -0.05) is 18.2 Å². The van der Waals surface area contributed by atoms with Gasteiger partial charge in [-0.3, -0.25) is 4.79 Å². The van der Waals surface area contributed by atoms with Gasteiger partial charge in [0.25, 0.3) is 0 Å². The fraction of sp³-hybridized carbons (Fsp3) is 0.250. The van der Waals surface area contributed by atoms with Crippen molar-refractivity contribution in [1.29, 1.82) is 0 Å². The highest BCUT2D eigenvalue weighted by molar-refractivity contribution is 7.17. The second-order valence-corrected chi connectivity index (χ2v) is 4.63. The lowest BCUT2D eigenvalue weighted by Crippen LogP contribution is -2.15. The molecule has 84 valence electrons. The van der Waals surface area contributed by atoms with E-state index < -0.39 is 5.97 Å². The van der Waals surface area contributed by atoms with Gasteiger partial charge in [-0.25, -0.2) is 0 Å². The molecule has 0 aliphatic heterocycles. The van der Waals surface area contributed by atoms with E-state index in [0.717, 1.165) is 10.9 Å². The zero-order chi connectivity index (χ0) is 11.5. The van der Waals surface area contributed by atoms with Gasteiger partial charge in [0.15, 0.2) is 0 Å². The number of fused-ring (bicyclic) bond motifs is 1. The minimum Gasteiger partial charge on any atom is -0.481 e. The third-order valence-corrected chi connectivity index (χ3v) is 3.64. The van der Waals surface area contributed by atoms with Crippen molar-refractivity contribution in [2.75, 3.05) is 6.54 Å². The number of benzene rings is 1. The largest absolute Gasteiger partial charge is 0.481 e. The number of nitrogens with two attached hydrogens (primary N) is 1. The van der Waals surface area contributed by atoms with Gasteiger partial charge in [0.05, 0.1) is 6.42 Å². The molecule has 0 saturated heterocycles. The quantitative estimate of drug-likeness (QED) is 0.855. The lowest BCUT2D eigenvalue weighted by atomic mass is 9.95. The summed E-state index contributed by atoms with van der Waals surface area (Å²) in [5, 5.41) is 12.0. The van der Waals surface area contributed by atoms with Gasteiger partial charge in [0, 0.05) is 10.6 Å². The molecular formula is C12H13NO2S. The zero-order valence-corrected chi connectivity index (χ0v) is 9.54. The first kappa shape index (κ1) is 11.1. The Labute approximate surface area is 97.5 Å². The maximum Gasteiger partial charge on any atom is 0.304 e. The molecule has 16 heavy (non-hydrogen) atoms. The second-order valence-electron chi connectivity index (χ2n) is 3.72. The highest BCUT2D eigenvalue weighted by Crippen LogP contribution is 2.32. The number of carboxylic acids is 1. The summed E-state index contributed by atoms with van der Waals surface area (Å²) in [5.74, 6) is -0.889. The van der Waals surface area contributed by atoms with Crippen molar-refractivity contribution in [3.05, 3.63) is 35.2 Å². The lowest BCUT2D eigenvalue weighted by molar-refractivity contribution is -0.137. The lowest BCUT2D eigenvalue weighted by Gasteiger charge is -2.11. The van der Waals surface area contributed by atoms with Crippen molar-refractivity contribution in [2.24, 2.45) is 5.73 Å². The molecule has 0 saturated carbocycles. The second kappa shape index (κ2) is 4.63. The summed E-state index contributed by atoms with van der Waals surface area (Å²) in [5.41, 5.74) is 6.71. The molecule has 1 heterocycles. The summed E-state index contributed by atoms with van der Waals surface area (Å²) >= 11 is 1.64. The molecule has 0 spiro atoms. The molecule has 0 aliphatic rings. The highest BCUT2D eigenvalue weighted by atomic mass is 32.1. The maximum absolute atomic E-state index is 10.7. The summed E-state index contributed by atoms with van der Waals surface area (Å²) in [6.07, 6.45) is 0.0945. The Morgan fingerprint density at radius 2 is 2.19 bits per heavy atom. The summed E-state index contributed by atoms with van der Waals surface area (Å²) in [4.78, 5) is 10.7. The molecule has 3 N–H and O–H groups in total. The highest BCUT2D eigenvalue weighted by Gasteiger charge is 2.17. The smallest absolute Gasteiger partial charge is 0.304 e. The van der Waals surface area contributed by atoms with Crippen molar-refractivity contribution < 1.29 is 9.90 Å². The fourth-order valence-electron chi connectivity index (χ4n) is 1.85. The number of hydrogen-bond acceptors (Lipinski definition) is 3. The van der Waals surface area contributed by atoms with Crippen LogP contribution in [0.25, 0.3) is 10.1 Å². The van der Waals surface area contributed by atoms with Crippen molar-refractivity contribution in [3.63, 3.8) is 0 Å². The molecule has 1 atom stereocenters. The third-order valence-electron chi connectivity index (χ3n) is 2.66. The molecule has 1 aromatic heterocycles. The molecule has 1 aromatic carbocycles. The average molecular weight is 235 g/mol. The van der Waals surface area contributed by atoms with E-state index in [-0.39, 0.29) is 12.3 Å². The monoisotopic (exact) mass is 235 g/mol. The minimum absolute atomic E-state index is 0.0892. The van der Waals surface area contributed by atoms with E-state index in [1.807, 2.05) is 29.6 Å². The maximum atomic E-state index is 10.7. The van der Waals surface area contributed by atoms with E-state index in [9.17, 15) is 4.79 Å². The average Bonchev–Trinajstić information content (AvgIpc) is 2.69. The molecule has 1 unspecified atom stereocenters. The molecule has 2 aromatic rings. The van der Waals surface area contributed by atoms with Crippen molar-refractivity contribution in [2.45, 2.75) is 12.3 Å². The standard InChI is InChI=1S/C12H13NO2S/c13-6-8(5-12(14)15)10-7-16-11-4-2-1-3-9(10)11/h1-4,7-8H,5-6,13H2,(H,14,15). The van der Waals surface area contributed by atoms with Gasteiger partial charge in [-0.2, -0.15) is 0 Å². The van der Waals surface area contributed by atoms with Gasteiger partial charge in [0.2, 0.25) is 0 Å². The van der Waals surface area contributed by atoms with Crippen LogP contribution in [0, 0.1) is 0 Å². The number of hydrogen-bond donors (Lipinski definition) is 2. The van der Waals surface area contributed by atoms with Gasteiger partial charge in [0.1, 0.15) is 0 Å². The van der Waals surface area contributed by atoms with Gasteiger partial charge in [-0.05, 0) is 28.9 Å². The molecular weight excluding hydrogens is 222 g/mol. The van der Waals surface area contributed by atoms with Crippen LogP contribution in [0.1, 0.15) is 17.9 Å². The summed E-state index contributed by atoms with van der Waals surface area (Å²) in [6, 6.07) is 8.01. The van der Waals surface area contributed by atoms with E-state index in [4.69, 9.17) is 10.8 Å². The first-order valence-electron chi connectivity index (χ1n) is 5.10. The number of thiophene rings is 1. The zero-order valence-electron chi connectivity index (χ0n) is 8.72. The van der Waals surface area contributed by atoms with Crippen LogP contribution in [0.15, 0.2) is 29.6 Å². The van der Waals surface area contributed by atoms with E-state index >= 15 is 0 Å². The molecule has 0 aliphatic carbocycles. The summed E-state index contributed by atoms with van der Waals surface area (Å²) in [6.45, 7) is 0.368. The Morgan fingerprint density at radius 3 is 2.88 bits per heavy atom. The van der Waals surface area contributed by atoms with Crippen LogP contribution in [0.3, 0.4) is 0 Å². The van der Waals surface area contributed by atoms with Gasteiger partial charge < -0.3 is 10.8 Å². The Hall–Kier alpha value is -1.39. The fourth-order valence-corrected chi connectivity index (χ4v) is 2.89. The van der Waals surface area contributed by atoms with E-state index in [1.165, 1.54) is 4.70 Å². The van der Waals surface area contributed by atoms with Crippen molar-refractivity contribution in [1.82, 2.24) is 0 Å². The van der Waals surface area contributed by atoms with Crippen LogP contribution in [-0.2, 0) is 4.79 Å². The Morgan fingerprint density at radius 1 is 1.44 bits per heavy atom. The van der Waals surface area contributed by atoms with E-state index in [2.05, 4.69) is 0 Å². The van der Waals surface area contributed by atoms with Crippen molar-refractivity contribution >= 4 is 27.4 Å². The van der Waals surface area contributed by atoms with Crippen molar-refractivity contribution in [3.8, 4) is 0 Å². The predicted octanol–water partition coefficient (Wildman–Crippen LogP) is 2.42. The van der Waals surface area contributed by atoms with E-state index in [1.54, 1.807) is 11.3 Å². The first-order valence-corrected chi connectivity index (χ1v) is 5.98. The van der Waals surface area contributed by atoms with Gasteiger partial charge in [-0.15, -0.1) is 11.3 Å². The van der Waals surface area contributed by atoms with Crippen LogP contribution in [0.2, 0.25) is 0 Å².